The summed E-state index contributed by atoms with van der Waals surface area (Å²) in [5, 5.41) is 0. The monoisotopic (exact) mass is 358 g/mol. The van der Waals surface area contributed by atoms with Gasteiger partial charge in [-0.25, -0.2) is 0 Å². The highest BCUT2D eigenvalue weighted by Crippen LogP contribution is 2.24. The van der Waals surface area contributed by atoms with Gasteiger partial charge in [-0.2, -0.15) is 0 Å². The number of carbonyl (C=O) groups excluding carboxylic acids is 1. The standard InChI is InChI=1S/C17H26N2O2S.ClH/c1-13(18)16-5-3-4-11-19(16)17(20)10-12-22-15-8-6-14(21-2)7-9-15;/h6-9,13,16H,3-5,10-12,18H2,1-2H3;1H. The lowest BCUT2D eigenvalue weighted by Gasteiger charge is -2.38. The number of benzene rings is 1. The molecule has 1 aliphatic rings. The smallest absolute Gasteiger partial charge is 0.223 e. The third-order valence-corrected chi connectivity index (χ3v) is 5.13. The van der Waals surface area contributed by atoms with Crippen LogP contribution >= 0.6 is 24.2 Å². The average molecular weight is 359 g/mol. The number of methoxy groups -OCH3 is 1. The molecule has 0 bridgehead atoms. The first-order chi connectivity index (χ1) is 10.6. The van der Waals surface area contributed by atoms with Gasteiger partial charge < -0.3 is 15.4 Å². The molecule has 2 atom stereocenters. The summed E-state index contributed by atoms with van der Waals surface area (Å²) in [5.41, 5.74) is 6.03. The van der Waals surface area contributed by atoms with E-state index in [1.807, 2.05) is 36.1 Å². The minimum absolute atomic E-state index is 0. The molecule has 2 rings (SSSR count). The largest absolute Gasteiger partial charge is 0.497 e. The van der Waals surface area contributed by atoms with E-state index in [0.29, 0.717) is 6.42 Å². The predicted molar refractivity (Wildman–Crippen MR) is 98.6 cm³/mol. The number of amides is 1. The minimum atomic E-state index is 0. The van der Waals surface area contributed by atoms with Gasteiger partial charge in [-0.3, -0.25) is 4.79 Å². The summed E-state index contributed by atoms with van der Waals surface area (Å²) in [5.74, 6) is 1.89. The Morgan fingerprint density at radius 3 is 2.70 bits per heavy atom. The van der Waals surface area contributed by atoms with Gasteiger partial charge >= 0.3 is 0 Å². The van der Waals surface area contributed by atoms with Crippen LogP contribution in [0.3, 0.4) is 0 Å². The van der Waals surface area contributed by atoms with Crippen molar-refractivity contribution in [3.8, 4) is 5.75 Å². The molecule has 1 aromatic rings. The second-order valence-corrected chi connectivity index (χ2v) is 6.95. The van der Waals surface area contributed by atoms with Crippen molar-refractivity contribution in [2.75, 3.05) is 19.4 Å². The van der Waals surface area contributed by atoms with Crippen LogP contribution in [0.15, 0.2) is 29.2 Å². The third kappa shape index (κ3) is 5.90. The maximum absolute atomic E-state index is 12.4. The Kier molecular flexibility index (Phi) is 8.81. The summed E-state index contributed by atoms with van der Waals surface area (Å²) in [6.45, 7) is 2.86. The van der Waals surface area contributed by atoms with Crippen LogP contribution in [0.4, 0.5) is 0 Å². The van der Waals surface area contributed by atoms with Gasteiger partial charge in [-0.1, -0.05) is 0 Å². The average Bonchev–Trinajstić information content (AvgIpc) is 2.55. The zero-order valence-corrected chi connectivity index (χ0v) is 15.5. The second kappa shape index (κ2) is 10.1. The topological polar surface area (TPSA) is 55.6 Å². The van der Waals surface area contributed by atoms with E-state index in [9.17, 15) is 4.79 Å². The lowest BCUT2D eigenvalue weighted by atomic mass is 9.96. The zero-order chi connectivity index (χ0) is 15.9. The van der Waals surface area contributed by atoms with Crippen molar-refractivity contribution in [2.45, 2.75) is 49.6 Å². The summed E-state index contributed by atoms with van der Waals surface area (Å²) in [6.07, 6.45) is 3.88. The number of halogens is 1. The number of hydrogen-bond donors (Lipinski definition) is 1. The maximum atomic E-state index is 12.4. The van der Waals surface area contributed by atoms with Gasteiger partial charge in [0.1, 0.15) is 5.75 Å². The van der Waals surface area contributed by atoms with Crippen molar-refractivity contribution in [1.29, 1.82) is 0 Å². The van der Waals surface area contributed by atoms with E-state index in [0.717, 1.165) is 35.8 Å². The first-order valence-electron chi connectivity index (χ1n) is 7.93. The van der Waals surface area contributed by atoms with Crippen LogP contribution in [0.1, 0.15) is 32.6 Å². The summed E-state index contributed by atoms with van der Waals surface area (Å²) in [4.78, 5) is 15.6. The Bertz CT molecular complexity index is 482. The summed E-state index contributed by atoms with van der Waals surface area (Å²) in [7, 11) is 1.66. The van der Waals surface area contributed by atoms with Gasteiger partial charge in [0.05, 0.1) is 7.11 Å². The van der Waals surface area contributed by atoms with Gasteiger partial charge in [0.25, 0.3) is 0 Å². The Morgan fingerprint density at radius 1 is 1.39 bits per heavy atom. The van der Waals surface area contributed by atoms with Crippen LogP contribution in [0, 0.1) is 0 Å². The number of nitrogens with two attached hydrogens (primary N) is 1. The Morgan fingerprint density at radius 2 is 2.09 bits per heavy atom. The molecule has 2 unspecified atom stereocenters. The highest BCUT2D eigenvalue weighted by Gasteiger charge is 2.28. The molecule has 0 aliphatic carbocycles. The summed E-state index contributed by atoms with van der Waals surface area (Å²) >= 11 is 1.71. The number of nitrogens with zero attached hydrogens (tertiary/aromatic N) is 1. The van der Waals surface area contributed by atoms with E-state index in [1.165, 1.54) is 6.42 Å². The van der Waals surface area contributed by atoms with Crippen LogP contribution in [0.2, 0.25) is 0 Å². The molecule has 1 aliphatic heterocycles. The predicted octanol–water partition coefficient (Wildman–Crippen LogP) is 3.33. The van der Waals surface area contributed by atoms with E-state index < -0.39 is 0 Å². The molecule has 6 heteroatoms. The van der Waals surface area contributed by atoms with Gasteiger partial charge in [0.15, 0.2) is 0 Å². The number of ether oxygens (including phenoxy) is 1. The molecule has 1 aromatic carbocycles. The van der Waals surface area contributed by atoms with E-state index in [-0.39, 0.29) is 30.4 Å². The highest BCUT2D eigenvalue weighted by atomic mass is 35.5. The Balaban J connectivity index is 0.00000264. The van der Waals surface area contributed by atoms with Gasteiger partial charge in [0.2, 0.25) is 5.91 Å². The van der Waals surface area contributed by atoms with Crippen molar-refractivity contribution in [3.63, 3.8) is 0 Å². The molecule has 130 valence electrons. The minimum Gasteiger partial charge on any atom is -0.497 e. The van der Waals surface area contributed by atoms with E-state index in [4.69, 9.17) is 10.5 Å². The van der Waals surface area contributed by atoms with Crippen LogP contribution in [0.5, 0.6) is 5.75 Å². The number of likely N-dealkylation sites (tertiary alicyclic amines) is 1. The quantitative estimate of drug-likeness (QED) is 0.792. The van der Waals surface area contributed by atoms with Crippen molar-refractivity contribution >= 4 is 30.1 Å². The van der Waals surface area contributed by atoms with Crippen LogP contribution in [-0.2, 0) is 4.79 Å². The SMILES string of the molecule is COc1ccc(SCCC(=O)N2CCCCC2C(C)N)cc1.Cl. The number of hydrogen-bond acceptors (Lipinski definition) is 4. The molecule has 1 saturated heterocycles. The zero-order valence-electron chi connectivity index (χ0n) is 13.9. The van der Waals surface area contributed by atoms with Gasteiger partial charge in [-0.15, -0.1) is 24.2 Å². The summed E-state index contributed by atoms with van der Waals surface area (Å²) < 4.78 is 5.14. The fraction of sp³-hybridized carbons (Fsp3) is 0.588. The normalized spacial score (nSPS) is 18.9. The molecule has 4 nitrogen and oxygen atoms in total. The lowest BCUT2D eigenvalue weighted by Crippen LogP contribution is -2.51. The number of rotatable bonds is 6. The van der Waals surface area contributed by atoms with Crippen LogP contribution < -0.4 is 10.5 Å². The summed E-state index contributed by atoms with van der Waals surface area (Å²) in [6, 6.07) is 8.21. The number of carbonyl (C=O) groups is 1. The number of piperidine rings is 1. The second-order valence-electron chi connectivity index (χ2n) is 5.78. The molecule has 2 N–H and O–H groups in total. The first-order valence-corrected chi connectivity index (χ1v) is 8.92. The molecule has 1 fully saturated rings. The van der Waals surface area contributed by atoms with Crippen molar-refractivity contribution in [1.82, 2.24) is 4.90 Å². The molecular formula is C17H27ClN2O2S. The third-order valence-electron chi connectivity index (χ3n) is 4.12. The van der Waals surface area contributed by atoms with Gasteiger partial charge in [-0.05, 0) is 50.5 Å². The molecule has 0 aromatic heterocycles. The van der Waals surface area contributed by atoms with Crippen molar-refractivity contribution in [2.24, 2.45) is 5.73 Å². The highest BCUT2D eigenvalue weighted by molar-refractivity contribution is 7.99. The molecule has 1 amide bonds. The Hall–Kier alpha value is -0.910. The van der Waals surface area contributed by atoms with Crippen molar-refractivity contribution < 1.29 is 9.53 Å². The van der Waals surface area contributed by atoms with Crippen LogP contribution in [-0.4, -0.2) is 42.3 Å². The van der Waals surface area contributed by atoms with E-state index in [2.05, 4.69) is 0 Å². The molecule has 0 spiro atoms. The molecule has 0 saturated carbocycles. The van der Waals surface area contributed by atoms with Crippen molar-refractivity contribution in [3.05, 3.63) is 24.3 Å². The Labute approximate surface area is 149 Å². The molecule has 1 heterocycles. The fourth-order valence-corrected chi connectivity index (χ4v) is 3.73. The van der Waals surface area contributed by atoms with Gasteiger partial charge in [0, 0.05) is 35.7 Å². The van der Waals surface area contributed by atoms with E-state index >= 15 is 0 Å². The van der Waals surface area contributed by atoms with Crippen LogP contribution in [0.25, 0.3) is 0 Å². The fourth-order valence-electron chi connectivity index (χ4n) is 2.89. The lowest BCUT2D eigenvalue weighted by molar-refractivity contribution is -0.134. The molecular weight excluding hydrogens is 332 g/mol. The molecule has 23 heavy (non-hydrogen) atoms. The maximum Gasteiger partial charge on any atom is 0.223 e. The number of thioether (sulfide) groups is 1. The van der Waals surface area contributed by atoms with E-state index in [1.54, 1.807) is 18.9 Å². The first kappa shape index (κ1) is 20.1. The molecule has 0 radical (unpaired) electrons.